The van der Waals surface area contributed by atoms with Crippen LogP contribution in [0.5, 0.6) is 0 Å². The molecule has 1 N–H and O–H groups in total. The molecule has 4 heteroatoms. The Hall–Kier alpha value is -0.970. The fourth-order valence-corrected chi connectivity index (χ4v) is 2.71. The molecule has 0 radical (unpaired) electrons. The first-order valence-corrected chi connectivity index (χ1v) is 6.91. The zero-order valence-corrected chi connectivity index (χ0v) is 11.7. The molecule has 1 aromatic rings. The van der Waals surface area contributed by atoms with E-state index < -0.39 is 0 Å². The summed E-state index contributed by atoms with van der Waals surface area (Å²) in [5, 5.41) is 3.27. The second-order valence-corrected chi connectivity index (χ2v) is 5.13. The van der Waals surface area contributed by atoms with Gasteiger partial charge in [0.2, 0.25) is 0 Å². The number of benzene rings is 1. The van der Waals surface area contributed by atoms with Crippen molar-refractivity contribution in [3.8, 4) is 0 Å². The predicted molar refractivity (Wildman–Crippen MR) is 74.7 cm³/mol. The minimum atomic E-state index is -0.168. The third-order valence-corrected chi connectivity index (χ3v) is 3.90. The van der Waals surface area contributed by atoms with Crippen LogP contribution in [0.1, 0.15) is 24.4 Å². The van der Waals surface area contributed by atoms with Gasteiger partial charge < -0.3 is 15.0 Å². The monoisotopic (exact) mass is 266 g/mol. The van der Waals surface area contributed by atoms with E-state index in [1.54, 1.807) is 19.2 Å². The number of hydrogen-bond acceptors (Lipinski definition) is 3. The molecule has 1 aromatic carbocycles. The van der Waals surface area contributed by atoms with Crippen LogP contribution in [0.4, 0.5) is 4.39 Å². The van der Waals surface area contributed by atoms with Crippen molar-refractivity contribution >= 4 is 0 Å². The number of methoxy groups -OCH3 is 1. The van der Waals surface area contributed by atoms with E-state index in [1.165, 1.54) is 6.07 Å². The molecule has 0 aromatic heterocycles. The van der Waals surface area contributed by atoms with Crippen molar-refractivity contribution in [2.45, 2.75) is 25.0 Å². The van der Waals surface area contributed by atoms with Crippen LogP contribution in [0.15, 0.2) is 24.3 Å². The van der Waals surface area contributed by atoms with E-state index in [4.69, 9.17) is 4.74 Å². The third-order valence-electron chi connectivity index (χ3n) is 3.90. The number of hydrogen-bond donors (Lipinski definition) is 1. The largest absolute Gasteiger partial charge is 0.380 e. The average Bonchev–Trinajstić information content (AvgIpc) is 2.87. The van der Waals surface area contributed by atoms with E-state index in [2.05, 4.69) is 10.2 Å². The highest BCUT2D eigenvalue weighted by atomic mass is 19.1. The zero-order chi connectivity index (χ0) is 13.7. The molecule has 0 bridgehead atoms. The molecule has 0 saturated carbocycles. The van der Waals surface area contributed by atoms with E-state index >= 15 is 0 Å². The summed E-state index contributed by atoms with van der Waals surface area (Å²) >= 11 is 0. The number of rotatable bonds is 6. The maximum atomic E-state index is 13.2. The minimum Gasteiger partial charge on any atom is -0.380 e. The highest BCUT2D eigenvalue weighted by Crippen LogP contribution is 2.19. The Morgan fingerprint density at radius 2 is 2.37 bits per heavy atom. The van der Waals surface area contributed by atoms with Crippen molar-refractivity contribution < 1.29 is 9.13 Å². The molecule has 2 rings (SSSR count). The molecule has 2 unspecified atom stereocenters. The summed E-state index contributed by atoms with van der Waals surface area (Å²) in [6, 6.07) is 7.05. The number of ether oxygens (including phenoxy) is 1. The first kappa shape index (κ1) is 14.4. The Morgan fingerprint density at radius 3 is 3.00 bits per heavy atom. The number of likely N-dealkylation sites (tertiary alicyclic amines) is 1. The molecule has 0 spiro atoms. The molecule has 106 valence electrons. The van der Waals surface area contributed by atoms with Crippen LogP contribution in [-0.4, -0.2) is 44.8 Å². The lowest BCUT2D eigenvalue weighted by Gasteiger charge is -2.21. The Morgan fingerprint density at radius 1 is 1.53 bits per heavy atom. The van der Waals surface area contributed by atoms with Crippen molar-refractivity contribution in [2.24, 2.45) is 0 Å². The van der Waals surface area contributed by atoms with Gasteiger partial charge >= 0.3 is 0 Å². The van der Waals surface area contributed by atoms with Gasteiger partial charge in [0.15, 0.2) is 0 Å². The van der Waals surface area contributed by atoms with Crippen LogP contribution >= 0.6 is 0 Å². The zero-order valence-electron chi connectivity index (χ0n) is 11.7. The topological polar surface area (TPSA) is 24.5 Å². The average molecular weight is 266 g/mol. The van der Waals surface area contributed by atoms with E-state index in [0.29, 0.717) is 6.10 Å². The summed E-state index contributed by atoms with van der Waals surface area (Å²) in [6.07, 6.45) is 2.47. The number of nitrogens with one attached hydrogen (secondary N) is 1. The van der Waals surface area contributed by atoms with E-state index in [-0.39, 0.29) is 11.9 Å². The molecule has 1 aliphatic rings. The summed E-state index contributed by atoms with van der Waals surface area (Å²) in [5.74, 6) is -0.168. The van der Waals surface area contributed by atoms with Crippen LogP contribution in [0.2, 0.25) is 0 Å². The van der Waals surface area contributed by atoms with Gasteiger partial charge in [0.1, 0.15) is 5.82 Å². The molecule has 2 atom stereocenters. The van der Waals surface area contributed by atoms with Gasteiger partial charge in [-0.3, -0.25) is 0 Å². The van der Waals surface area contributed by atoms with Gasteiger partial charge in [0, 0.05) is 32.8 Å². The fraction of sp³-hybridized carbons (Fsp3) is 0.600. The summed E-state index contributed by atoms with van der Waals surface area (Å²) < 4.78 is 18.6. The van der Waals surface area contributed by atoms with Gasteiger partial charge in [0.25, 0.3) is 0 Å². The third kappa shape index (κ3) is 4.00. The van der Waals surface area contributed by atoms with Gasteiger partial charge in [0.05, 0.1) is 6.10 Å². The van der Waals surface area contributed by atoms with E-state index in [0.717, 1.165) is 38.0 Å². The quantitative estimate of drug-likeness (QED) is 0.854. The second kappa shape index (κ2) is 6.98. The van der Waals surface area contributed by atoms with Gasteiger partial charge in [-0.05, 0) is 37.6 Å². The lowest BCUT2D eigenvalue weighted by atomic mass is 10.0. The Balaban J connectivity index is 1.86. The van der Waals surface area contributed by atoms with Gasteiger partial charge in [-0.1, -0.05) is 12.1 Å². The lowest BCUT2D eigenvalue weighted by molar-refractivity contribution is 0.107. The molecule has 1 saturated heterocycles. The Bertz CT molecular complexity index is 399. The highest BCUT2D eigenvalue weighted by molar-refractivity contribution is 5.20. The van der Waals surface area contributed by atoms with Crippen LogP contribution in [0, 0.1) is 5.82 Å². The van der Waals surface area contributed by atoms with Crippen molar-refractivity contribution in [3.63, 3.8) is 0 Å². The first-order chi connectivity index (χ1) is 9.22. The first-order valence-electron chi connectivity index (χ1n) is 6.91. The van der Waals surface area contributed by atoms with Crippen LogP contribution in [0.25, 0.3) is 0 Å². The molecule has 1 aliphatic heterocycles. The van der Waals surface area contributed by atoms with E-state index in [1.807, 2.05) is 13.1 Å². The Labute approximate surface area is 114 Å². The van der Waals surface area contributed by atoms with Crippen molar-refractivity contribution in [3.05, 3.63) is 35.6 Å². The van der Waals surface area contributed by atoms with Crippen LogP contribution in [-0.2, 0) is 4.74 Å². The number of halogens is 1. The molecular weight excluding hydrogens is 243 g/mol. The van der Waals surface area contributed by atoms with E-state index in [9.17, 15) is 4.39 Å². The van der Waals surface area contributed by atoms with Crippen LogP contribution in [0.3, 0.4) is 0 Å². The molecule has 19 heavy (non-hydrogen) atoms. The summed E-state index contributed by atoms with van der Waals surface area (Å²) in [6.45, 7) is 3.12. The van der Waals surface area contributed by atoms with Gasteiger partial charge in [-0.15, -0.1) is 0 Å². The molecule has 1 fully saturated rings. The fourth-order valence-electron chi connectivity index (χ4n) is 2.71. The molecule has 0 amide bonds. The normalized spacial score (nSPS) is 21.7. The standard InChI is InChI=1S/C15H23FN2O/c1-17-15(12-4-3-5-13(16)10-12)7-9-18-8-6-14(11-18)19-2/h3-5,10,14-15,17H,6-9,11H2,1-2H3. The smallest absolute Gasteiger partial charge is 0.123 e. The summed E-state index contributed by atoms with van der Waals surface area (Å²) in [5.41, 5.74) is 1.02. The molecule has 3 nitrogen and oxygen atoms in total. The SMILES string of the molecule is CNC(CCN1CCC(OC)C1)c1cccc(F)c1. The molecule has 0 aliphatic carbocycles. The summed E-state index contributed by atoms with van der Waals surface area (Å²) in [7, 11) is 3.70. The van der Waals surface area contributed by atoms with Crippen LogP contribution < -0.4 is 5.32 Å². The minimum absolute atomic E-state index is 0.168. The summed E-state index contributed by atoms with van der Waals surface area (Å²) in [4.78, 5) is 2.41. The van der Waals surface area contributed by atoms with Crippen molar-refractivity contribution in [1.82, 2.24) is 10.2 Å². The lowest BCUT2D eigenvalue weighted by Crippen LogP contribution is -2.28. The highest BCUT2D eigenvalue weighted by Gasteiger charge is 2.22. The van der Waals surface area contributed by atoms with Crippen molar-refractivity contribution in [2.75, 3.05) is 33.8 Å². The predicted octanol–water partition coefficient (Wildman–Crippen LogP) is 2.20. The molecular formula is C15H23FN2O. The molecule has 1 heterocycles. The maximum Gasteiger partial charge on any atom is 0.123 e. The maximum absolute atomic E-state index is 13.2. The van der Waals surface area contributed by atoms with Gasteiger partial charge in [-0.2, -0.15) is 0 Å². The Kier molecular flexibility index (Phi) is 5.31. The van der Waals surface area contributed by atoms with Crippen molar-refractivity contribution in [1.29, 1.82) is 0 Å². The van der Waals surface area contributed by atoms with Gasteiger partial charge in [-0.25, -0.2) is 4.39 Å². The second-order valence-electron chi connectivity index (χ2n) is 5.13. The number of nitrogens with zero attached hydrogens (tertiary/aromatic N) is 1.